The standard InChI is InChI=1S/C5H9NO4/c1-4(6(9)10)2-3-5(7)8/h4H,2-3H2,1H3,(H,7,8)/t4-/m1/s1. The first-order valence-electron chi connectivity index (χ1n) is 2.89. The predicted molar refractivity (Wildman–Crippen MR) is 33.3 cm³/mol. The van der Waals surface area contributed by atoms with E-state index >= 15 is 0 Å². The first-order chi connectivity index (χ1) is 4.54. The molecule has 0 aliphatic heterocycles. The summed E-state index contributed by atoms with van der Waals surface area (Å²) in [7, 11) is 0. The van der Waals surface area contributed by atoms with Crippen molar-refractivity contribution in [3.63, 3.8) is 0 Å². The molecule has 0 aliphatic carbocycles. The zero-order valence-corrected chi connectivity index (χ0v) is 5.61. The van der Waals surface area contributed by atoms with Crippen molar-refractivity contribution in [2.75, 3.05) is 0 Å². The minimum Gasteiger partial charge on any atom is -0.481 e. The van der Waals surface area contributed by atoms with Crippen molar-refractivity contribution < 1.29 is 14.8 Å². The molecule has 0 heterocycles. The molecule has 0 rings (SSSR count). The van der Waals surface area contributed by atoms with Crippen LogP contribution in [-0.2, 0) is 4.79 Å². The molecule has 5 nitrogen and oxygen atoms in total. The molecule has 0 saturated heterocycles. The third-order valence-electron chi connectivity index (χ3n) is 1.14. The van der Waals surface area contributed by atoms with Gasteiger partial charge in [-0.25, -0.2) is 0 Å². The summed E-state index contributed by atoms with van der Waals surface area (Å²) in [5, 5.41) is 18.0. The fraction of sp³-hybridized carbons (Fsp3) is 0.800. The second kappa shape index (κ2) is 3.81. The number of carbonyl (C=O) groups is 1. The van der Waals surface area contributed by atoms with Gasteiger partial charge in [-0.3, -0.25) is 14.9 Å². The maximum atomic E-state index is 9.92. The molecule has 1 N–H and O–H groups in total. The number of nitro groups is 1. The zero-order chi connectivity index (χ0) is 8.15. The Morgan fingerprint density at radius 1 is 1.80 bits per heavy atom. The van der Waals surface area contributed by atoms with Crippen LogP contribution in [0, 0.1) is 10.1 Å². The van der Waals surface area contributed by atoms with Crippen molar-refractivity contribution >= 4 is 5.97 Å². The predicted octanol–water partition coefficient (Wildman–Crippen LogP) is 0.516. The third kappa shape index (κ3) is 3.82. The van der Waals surface area contributed by atoms with E-state index in [-0.39, 0.29) is 12.8 Å². The van der Waals surface area contributed by atoms with Gasteiger partial charge < -0.3 is 5.11 Å². The van der Waals surface area contributed by atoms with Crippen LogP contribution in [0.5, 0.6) is 0 Å². The van der Waals surface area contributed by atoms with Gasteiger partial charge in [0.1, 0.15) is 0 Å². The molecule has 0 amide bonds. The van der Waals surface area contributed by atoms with Crippen LogP contribution in [0.25, 0.3) is 0 Å². The average Bonchev–Trinajstić information content (AvgIpc) is 1.82. The fourth-order valence-electron chi connectivity index (χ4n) is 0.438. The Kier molecular flexibility index (Phi) is 3.38. The van der Waals surface area contributed by atoms with Crippen LogP contribution in [0.4, 0.5) is 0 Å². The number of hydrogen-bond donors (Lipinski definition) is 1. The Labute approximate surface area is 57.8 Å². The summed E-state index contributed by atoms with van der Waals surface area (Å²) in [5.74, 6) is -0.992. The smallest absolute Gasteiger partial charge is 0.303 e. The number of carboxylic acids is 1. The summed E-state index contributed by atoms with van der Waals surface area (Å²) in [6.45, 7) is 1.39. The lowest BCUT2D eigenvalue weighted by atomic mass is 10.2. The van der Waals surface area contributed by atoms with Crippen LogP contribution in [0.15, 0.2) is 0 Å². The van der Waals surface area contributed by atoms with E-state index in [2.05, 4.69) is 0 Å². The van der Waals surface area contributed by atoms with E-state index in [9.17, 15) is 14.9 Å². The molecule has 5 heteroatoms. The molecular formula is C5H9NO4. The van der Waals surface area contributed by atoms with Crippen molar-refractivity contribution in [3.05, 3.63) is 10.1 Å². The largest absolute Gasteiger partial charge is 0.481 e. The number of carboxylic acid groups (broad SMARTS) is 1. The highest BCUT2D eigenvalue weighted by Gasteiger charge is 2.13. The van der Waals surface area contributed by atoms with E-state index in [1.54, 1.807) is 0 Å². The van der Waals surface area contributed by atoms with Crippen LogP contribution in [0.3, 0.4) is 0 Å². The molecule has 0 aromatic rings. The third-order valence-corrected chi connectivity index (χ3v) is 1.14. The number of aliphatic carboxylic acids is 1. The molecule has 0 aromatic heterocycles. The van der Waals surface area contributed by atoms with Gasteiger partial charge in [-0.15, -0.1) is 0 Å². The molecule has 0 radical (unpaired) electrons. The van der Waals surface area contributed by atoms with Gasteiger partial charge in [-0.1, -0.05) is 0 Å². The first-order valence-corrected chi connectivity index (χ1v) is 2.89. The topological polar surface area (TPSA) is 80.4 Å². The monoisotopic (exact) mass is 147 g/mol. The van der Waals surface area contributed by atoms with Gasteiger partial charge in [0.15, 0.2) is 0 Å². The minimum atomic E-state index is -0.992. The SMILES string of the molecule is C[C@H](CCC(=O)O)[N+](=O)[O-]. The Balaban J connectivity index is 3.49. The summed E-state index contributed by atoms with van der Waals surface area (Å²) >= 11 is 0. The van der Waals surface area contributed by atoms with Gasteiger partial charge in [0.05, 0.1) is 6.42 Å². The van der Waals surface area contributed by atoms with Crippen LogP contribution in [-0.4, -0.2) is 22.0 Å². The van der Waals surface area contributed by atoms with Gasteiger partial charge in [0, 0.05) is 18.3 Å². The lowest BCUT2D eigenvalue weighted by molar-refractivity contribution is -0.518. The number of nitrogens with zero attached hydrogens (tertiary/aromatic N) is 1. The van der Waals surface area contributed by atoms with E-state index < -0.39 is 16.9 Å². The molecule has 1 atom stereocenters. The maximum Gasteiger partial charge on any atom is 0.303 e. The Morgan fingerprint density at radius 3 is 2.60 bits per heavy atom. The molecule has 0 bridgehead atoms. The zero-order valence-electron chi connectivity index (χ0n) is 5.61. The average molecular weight is 147 g/mol. The lowest BCUT2D eigenvalue weighted by Gasteiger charge is -1.98. The highest BCUT2D eigenvalue weighted by molar-refractivity contribution is 5.66. The van der Waals surface area contributed by atoms with Gasteiger partial charge in [0.25, 0.3) is 0 Å². The van der Waals surface area contributed by atoms with Crippen molar-refractivity contribution in [2.24, 2.45) is 0 Å². The minimum absolute atomic E-state index is 0.0995. The van der Waals surface area contributed by atoms with E-state index in [4.69, 9.17) is 5.11 Å². The van der Waals surface area contributed by atoms with Crippen LogP contribution >= 0.6 is 0 Å². The summed E-state index contributed by atoms with van der Waals surface area (Å²) in [5.41, 5.74) is 0. The van der Waals surface area contributed by atoms with Crippen LogP contribution in [0.2, 0.25) is 0 Å². The second-order valence-electron chi connectivity index (χ2n) is 2.07. The van der Waals surface area contributed by atoms with E-state index in [1.807, 2.05) is 0 Å². The van der Waals surface area contributed by atoms with Gasteiger partial charge in [-0.05, 0) is 0 Å². The Morgan fingerprint density at radius 2 is 2.30 bits per heavy atom. The molecule has 0 aliphatic rings. The van der Waals surface area contributed by atoms with Gasteiger partial charge in [0.2, 0.25) is 6.04 Å². The maximum absolute atomic E-state index is 9.92. The Bertz CT molecular complexity index is 145. The summed E-state index contributed by atoms with van der Waals surface area (Å²) in [4.78, 5) is 19.3. The second-order valence-corrected chi connectivity index (χ2v) is 2.07. The van der Waals surface area contributed by atoms with Crippen molar-refractivity contribution in [3.8, 4) is 0 Å². The fourth-order valence-corrected chi connectivity index (χ4v) is 0.438. The molecular weight excluding hydrogens is 138 g/mol. The van der Waals surface area contributed by atoms with Crippen LogP contribution < -0.4 is 0 Å². The molecule has 58 valence electrons. The van der Waals surface area contributed by atoms with Gasteiger partial charge >= 0.3 is 5.97 Å². The highest BCUT2D eigenvalue weighted by atomic mass is 16.6. The first kappa shape index (κ1) is 8.87. The van der Waals surface area contributed by atoms with Crippen molar-refractivity contribution in [2.45, 2.75) is 25.8 Å². The molecule has 0 aromatic carbocycles. The summed E-state index contributed by atoms with van der Waals surface area (Å²) in [6.07, 6.45) is -0.0372. The van der Waals surface area contributed by atoms with Crippen molar-refractivity contribution in [1.29, 1.82) is 0 Å². The molecule has 0 fully saturated rings. The summed E-state index contributed by atoms with van der Waals surface area (Å²) < 4.78 is 0. The highest BCUT2D eigenvalue weighted by Crippen LogP contribution is 1.98. The number of hydrogen-bond acceptors (Lipinski definition) is 3. The molecule has 0 spiro atoms. The van der Waals surface area contributed by atoms with Gasteiger partial charge in [-0.2, -0.15) is 0 Å². The number of rotatable bonds is 4. The van der Waals surface area contributed by atoms with E-state index in [0.717, 1.165) is 0 Å². The van der Waals surface area contributed by atoms with Crippen LogP contribution in [0.1, 0.15) is 19.8 Å². The van der Waals surface area contributed by atoms with E-state index in [1.165, 1.54) is 6.92 Å². The molecule has 0 unspecified atom stereocenters. The quantitative estimate of drug-likeness (QED) is 0.464. The molecule has 10 heavy (non-hydrogen) atoms. The normalized spacial score (nSPS) is 12.5. The Hall–Kier alpha value is -1.13. The van der Waals surface area contributed by atoms with Crippen molar-refractivity contribution in [1.82, 2.24) is 0 Å². The van der Waals surface area contributed by atoms with E-state index in [0.29, 0.717) is 0 Å². The molecule has 0 saturated carbocycles. The summed E-state index contributed by atoms with van der Waals surface area (Å²) in [6, 6.07) is -0.754. The lowest BCUT2D eigenvalue weighted by Crippen LogP contribution is -2.16.